The van der Waals surface area contributed by atoms with Crippen molar-refractivity contribution in [1.82, 2.24) is 14.8 Å². The van der Waals surface area contributed by atoms with Crippen LogP contribution in [0.25, 0.3) is 22.0 Å². The summed E-state index contributed by atoms with van der Waals surface area (Å²) in [5.41, 5.74) is 4.32. The van der Waals surface area contributed by atoms with Crippen molar-refractivity contribution in [1.29, 1.82) is 0 Å². The van der Waals surface area contributed by atoms with Gasteiger partial charge in [-0.05, 0) is 39.7 Å². The lowest BCUT2D eigenvalue weighted by Crippen LogP contribution is -1.99. The molecule has 2 aromatic heterocycles. The lowest BCUT2D eigenvalue weighted by atomic mass is 10.0. The summed E-state index contributed by atoms with van der Waals surface area (Å²) in [5, 5.41) is 8.73. The summed E-state index contributed by atoms with van der Waals surface area (Å²) in [4.78, 5) is 4.53. The molecule has 0 saturated carbocycles. The van der Waals surface area contributed by atoms with Gasteiger partial charge in [-0.15, -0.1) is 0 Å². The van der Waals surface area contributed by atoms with E-state index >= 15 is 0 Å². The normalized spacial score (nSPS) is 10.9. The van der Waals surface area contributed by atoms with Crippen molar-refractivity contribution in [2.24, 2.45) is 7.05 Å². The Labute approximate surface area is 148 Å². The van der Waals surface area contributed by atoms with E-state index in [1.165, 1.54) is 0 Å². The number of hydrogen-bond donors (Lipinski definition) is 1. The Hall–Kier alpha value is -2.66. The fraction of sp³-hybridized carbons (Fsp3) is 0.0526. The molecular formula is C19H15BrN4. The van der Waals surface area contributed by atoms with Crippen LogP contribution in [0.4, 0.5) is 11.5 Å². The third kappa shape index (κ3) is 2.67. The Morgan fingerprint density at radius 1 is 1.00 bits per heavy atom. The summed E-state index contributed by atoms with van der Waals surface area (Å²) >= 11 is 3.50. The van der Waals surface area contributed by atoms with Crippen LogP contribution in [-0.2, 0) is 7.05 Å². The summed E-state index contributed by atoms with van der Waals surface area (Å²) < 4.78 is 2.74. The number of anilines is 2. The topological polar surface area (TPSA) is 42.7 Å². The van der Waals surface area contributed by atoms with E-state index in [1.54, 1.807) is 10.9 Å². The minimum absolute atomic E-state index is 0.926. The van der Waals surface area contributed by atoms with Crippen LogP contribution in [0.5, 0.6) is 0 Å². The maximum absolute atomic E-state index is 4.53. The van der Waals surface area contributed by atoms with Crippen LogP contribution in [-0.4, -0.2) is 14.8 Å². The van der Waals surface area contributed by atoms with Crippen molar-refractivity contribution in [3.05, 3.63) is 71.5 Å². The van der Waals surface area contributed by atoms with Gasteiger partial charge in [0.25, 0.3) is 0 Å². The molecule has 0 atom stereocenters. The van der Waals surface area contributed by atoms with E-state index in [-0.39, 0.29) is 0 Å². The fourth-order valence-electron chi connectivity index (χ4n) is 2.76. The number of halogens is 1. The third-order valence-corrected chi connectivity index (χ3v) is 4.57. The van der Waals surface area contributed by atoms with Crippen molar-refractivity contribution in [2.75, 3.05) is 5.32 Å². The zero-order valence-electron chi connectivity index (χ0n) is 13.1. The summed E-state index contributed by atoms with van der Waals surface area (Å²) in [7, 11) is 1.91. The first-order chi connectivity index (χ1) is 11.7. The highest BCUT2D eigenvalue weighted by molar-refractivity contribution is 9.10. The van der Waals surface area contributed by atoms with Gasteiger partial charge in [0.2, 0.25) is 0 Å². The Bertz CT molecular complexity index is 981. The molecule has 0 aliphatic carbocycles. The third-order valence-electron chi connectivity index (χ3n) is 3.99. The minimum atomic E-state index is 0.926. The molecule has 4 nitrogen and oxygen atoms in total. The molecule has 0 fully saturated rings. The average molecular weight is 379 g/mol. The first-order valence-electron chi connectivity index (χ1n) is 7.61. The number of benzene rings is 2. The second-order valence-corrected chi connectivity index (χ2v) is 6.40. The number of pyridine rings is 1. The molecule has 1 N–H and O–H groups in total. The Morgan fingerprint density at radius 3 is 2.54 bits per heavy atom. The molecule has 0 bridgehead atoms. The zero-order valence-corrected chi connectivity index (χ0v) is 14.7. The zero-order chi connectivity index (χ0) is 16.5. The van der Waals surface area contributed by atoms with Gasteiger partial charge in [-0.25, -0.2) is 0 Å². The highest BCUT2D eigenvalue weighted by Gasteiger charge is 2.07. The van der Waals surface area contributed by atoms with Crippen molar-refractivity contribution in [3.8, 4) is 11.1 Å². The van der Waals surface area contributed by atoms with E-state index in [4.69, 9.17) is 0 Å². The van der Waals surface area contributed by atoms with Crippen molar-refractivity contribution in [2.45, 2.75) is 0 Å². The second-order valence-electron chi connectivity index (χ2n) is 5.55. The lowest BCUT2D eigenvalue weighted by molar-refractivity contribution is 0.776. The predicted octanol–water partition coefficient (Wildman–Crippen LogP) is 5.14. The van der Waals surface area contributed by atoms with E-state index in [2.05, 4.69) is 79.9 Å². The van der Waals surface area contributed by atoms with Gasteiger partial charge in [-0.1, -0.05) is 36.4 Å². The van der Waals surface area contributed by atoms with Crippen LogP contribution in [0, 0.1) is 0 Å². The average Bonchev–Trinajstić information content (AvgIpc) is 2.94. The molecule has 2 aromatic carbocycles. The number of aromatic nitrogens is 3. The molecule has 4 aromatic rings. The lowest BCUT2D eigenvalue weighted by Gasteiger charge is -2.10. The quantitative estimate of drug-likeness (QED) is 0.536. The predicted molar refractivity (Wildman–Crippen MR) is 101 cm³/mol. The maximum atomic E-state index is 4.53. The van der Waals surface area contributed by atoms with Crippen molar-refractivity contribution >= 4 is 38.3 Å². The Balaban J connectivity index is 1.69. The largest absolute Gasteiger partial charge is 0.340 e. The number of rotatable bonds is 3. The van der Waals surface area contributed by atoms with E-state index in [9.17, 15) is 0 Å². The molecule has 2 heterocycles. The van der Waals surface area contributed by atoms with Crippen LogP contribution in [0.1, 0.15) is 0 Å². The first kappa shape index (κ1) is 14.9. The first-order valence-corrected chi connectivity index (χ1v) is 8.40. The molecule has 118 valence electrons. The van der Waals surface area contributed by atoms with Gasteiger partial charge in [0.05, 0.1) is 16.2 Å². The van der Waals surface area contributed by atoms with Gasteiger partial charge in [-0.2, -0.15) is 5.10 Å². The monoisotopic (exact) mass is 378 g/mol. The van der Waals surface area contributed by atoms with Crippen LogP contribution in [0.2, 0.25) is 0 Å². The Kier molecular flexibility index (Phi) is 3.78. The van der Waals surface area contributed by atoms with Crippen molar-refractivity contribution < 1.29 is 0 Å². The summed E-state index contributed by atoms with van der Waals surface area (Å²) in [5.74, 6) is 0.926. The van der Waals surface area contributed by atoms with Gasteiger partial charge >= 0.3 is 0 Å². The smallest absolute Gasteiger partial charge is 0.142 e. The van der Waals surface area contributed by atoms with E-state index in [0.29, 0.717) is 0 Å². The van der Waals surface area contributed by atoms with Crippen molar-refractivity contribution in [3.63, 3.8) is 0 Å². The van der Waals surface area contributed by atoms with Crippen LogP contribution < -0.4 is 5.32 Å². The number of para-hydroxylation sites is 1. The van der Waals surface area contributed by atoms with E-state index in [0.717, 1.165) is 38.0 Å². The molecule has 24 heavy (non-hydrogen) atoms. The van der Waals surface area contributed by atoms with Gasteiger partial charge in [0.1, 0.15) is 5.82 Å². The second kappa shape index (κ2) is 6.09. The molecule has 0 spiro atoms. The fourth-order valence-corrected chi connectivity index (χ4v) is 3.21. The number of nitrogens with one attached hydrogen (secondary N) is 1. The van der Waals surface area contributed by atoms with E-state index in [1.807, 2.05) is 19.3 Å². The van der Waals surface area contributed by atoms with Gasteiger partial charge in [0, 0.05) is 29.9 Å². The van der Waals surface area contributed by atoms with Crippen LogP contribution in [0.15, 0.2) is 71.5 Å². The number of hydrogen-bond acceptors (Lipinski definition) is 3. The standard InChI is InChI=1S/C19H15BrN4/c1-24-19(17(20)12-22-24)23-15-9-7-13(8-10-15)16-6-2-4-14-5-3-11-21-18(14)16/h2-12,23H,1H3. The van der Waals surface area contributed by atoms with Gasteiger partial charge < -0.3 is 5.32 Å². The highest BCUT2D eigenvalue weighted by atomic mass is 79.9. The summed E-state index contributed by atoms with van der Waals surface area (Å²) in [6.45, 7) is 0. The van der Waals surface area contributed by atoms with E-state index < -0.39 is 0 Å². The minimum Gasteiger partial charge on any atom is -0.340 e. The van der Waals surface area contributed by atoms with Gasteiger partial charge in [0.15, 0.2) is 0 Å². The summed E-state index contributed by atoms with van der Waals surface area (Å²) in [6, 6.07) is 18.7. The Morgan fingerprint density at radius 2 is 1.79 bits per heavy atom. The van der Waals surface area contributed by atoms with Gasteiger partial charge in [-0.3, -0.25) is 9.67 Å². The molecule has 0 aliphatic heterocycles. The number of fused-ring (bicyclic) bond motifs is 1. The molecular weight excluding hydrogens is 364 g/mol. The molecule has 5 heteroatoms. The summed E-state index contributed by atoms with van der Waals surface area (Å²) in [6.07, 6.45) is 3.61. The van der Waals surface area contributed by atoms with Crippen LogP contribution in [0.3, 0.4) is 0 Å². The maximum Gasteiger partial charge on any atom is 0.142 e. The highest BCUT2D eigenvalue weighted by Crippen LogP contribution is 2.29. The molecule has 0 aliphatic rings. The molecule has 0 unspecified atom stereocenters. The SMILES string of the molecule is Cn1ncc(Br)c1Nc1ccc(-c2cccc3cccnc23)cc1. The molecule has 0 radical (unpaired) electrons. The molecule has 4 rings (SSSR count). The molecule has 0 saturated heterocycles. The number of nitrogens with zero attached hydrogens (tertiary/aromatic N) is 3. The number of aryl methyl sites for hydroxylation is 1. The molecule has 0 amide bonds. The van der Waals surface area contributed by atoms with Crippen LogP contribution >= 0.6 is 15.9 Å².